The summed E-state index contributed by atoms with van der Waals surface area (Å²) in [5.41, 5.74) is 13.7. The number of benzene rings is 4. The third-order valence-corrected chi connectivity index (χ3v) is 13.4. The fraction of sp³-hybridized carbons (Fsp3) is 0.418. The number of nitrogens with zero attached hydrogens (tertiary/aromatic N) is 1. The number of ether oxygens (including phenoxy) is 3. The van der Waals surface area contributed by atoms with E-state index >= 15 is 0 Å². The van der Waals surface area contributed by atoms with Crippen molar-refractivity contribution in [3.05, 3.63) is 123 Å². The molecular weight excluding hydrogens is 831 g/mol. The lowest BCUT2D eigenvalue weighted by molar-refractivity contribution is -0.121. The molecule has 4 aliphatic rings. The molecule has 0 amide bonds. The number of ketones is 1. The highest BCUT2D eigenvalue weighted by Gasteiger charge is 2.28. The van der Waals surface area contributed by atoms with Crippen LogP contribution in [-0.4, -0.2) is 52.4 Å². The van der Waals surface area contributed by atoms with Crippen LogP contribution in [0, 0.1) is 23.9 Å². The fourth-order valence-corrected chi connectivity index (χ4v) is 9.77. The Balaban J connectivity index is 1.14. The molecule has 6 bridgehead atoms. The highest BCUT2D eigenvalue weighted by atomic mass is 16.5. The van der Waals surface area contributed by atoms with Crippen molar-refractivity contribution >= 4 is 34.3 Å². The molecule has 0 aromatic heterocycles. The number of aliphatic hydroxyl groups is 3. The summed E-state index contributed by atoms with van der Waals surface area (Å²) < 4.78 is 18.4. The van der Waals surface area contributed by atoms with Gasteiger partial charge in [-0.1, -0.05) is 75.5 Å². The van der Waals surface area contributed by atoms with Crippen LogP contribution in [0.1, 0.15) is 128 Å². The Morgan fingerprint density at radius 1 is 1.00 bits per heavy atom. The maximum Gasteiger partial charge on any atom is 0.192 e. The number of aromatic hydroxyl groups is 1. The first kappa shape index (κ1) is 47.7. The Kier molecular flexibility index (Phi) is 16.1. The number of anilines is 1. The number of aliphatic hydroxyl groups excluding tert-OH is 2. The number of unbranched alkanes of at least 4 members (excludes halogenated alkanes) is 3. The van der Waals surface area contributed by atoms with Crippen LogP contribution in [0.25, 0.3) is 16.8 Å². The van der Waals surface area contributed by atoms with Crippen molar-refractivity contribution in [1.82, 2.24) is 0 Å². The van der Waals surface area contributed by atoms with Crippen LogP contribution in [0.2, 0.25) is 0 Å². The van der Waals surface area contributed by atoms with E-state index < -0.39 is 12.4 Å². The molecule has 348 valence electrons. The number of methoxy groups -OCH3 is 1. The van der Waals surface area contributed by atoms with E-state index in [1.807, 2.05) is 36.4 Å². The number of rotatable bonds is 14. The number of allylic oxidation sites excluding steroid dienone is 4. The lowest BCUT2D eigenvalue weighted by atomic mass is 9.80. The van der Waals surface area contributed by atoms with Crippen molar-refractivity contribution in [2.45, 2.75) is 122 Å². The van der Waals surface area contributed by atoms with E-state index in [2.05, 4.69) is 60.5 Å². The second-order valence-corrected chi connectivity index (χ2v) is 17.9. The van der Waals surface area contributed by atoms with Gasteiger partial charge < -0.3 is 45.7 Å². The van der Waals surface area contributed by atoms with Gasteiger partial charge in [0.1, 0.15) is 36.1 Å². The zero-order chi connectivity index (χ0) is 46.7. The molecule has 0 saturated heterocycles. The van der Waals surface area contributed by atoms with Gasteiger partial charge in [-0.05, 0) is 138 Å². The molecule has 4 unspecified atom stereocenters. The van der Waals surface area contributed by atoms with Crippen LogP contribution >= 0.6 is 0 Å². The van der Waals surface area contributed by atoms with Crippen LogP contribution in [0.3, 0.4) is 0 Å². The first-order valence-corrected chi connectivity index (χ1v) is 23.5. The Hall–Kier alpha value is -6.22. The largest absolute Gasteiger partial charge is 0.508 e. The predicted octanol–water partition coefficient (Wildman–Crippen LogP) is 10.2. The van der Waals surface area contributed by atoms with E-state index in [-0.39, 0.29) is 66.5 Å². The molecule has 7 N–H and O–H groups in total. The Morgan fingerprint density at radius 3 is 2.62 bits per heavy atom. The number of fused-ring (bicyclic) bond motifs is 9. The van der Waals surface area contributed by atoms with Gasteiger partial charge in [-0.15, -0.1) is 0 Å². The quantitative estimate of drug-likeness (QED) is 0.0235. The monoisotopic (exact) mass is 895 g/mol. The second kappa shape index (κ2) is 22.3. The van der Waals surface area contributed by atoms with E-state index in [1.54, 1.807) is 32.4 Å². The molecule has 0 radical (unpaired) electrons. The van der Waals surface area contributed by atoms with Gasteiger partial charge in [-0.2, -0.15) is 0 Å². The number of carbonyl (C=O) groups excluding carboxylic acids is 1. The van der Waals surface area contributed by atoms with Crippen molar-refractivity contribution < 1.29 is 39.4 Å². The number of phenols is 1. The first-order valence-electron chi connectivity index (χ1n) is 23.5. The molecule has 4 aromatic rings. The molecule has 2 aliphatic heterocycles. The summed E-state index contributed by atoms with van der Waals surface area (Å²) in [4.78, 5) is 17.9. The predicted molar refractivity (Wildman–Crippen MR) is 262 cm³/mol. The molecule has 8 rings (SSSR count). The summed E-state index contributed by atoms with van der Waals surface area (Å²) in [5, 5.41) is 48.5. The summed E-state index contributed by atoms with van der Waals surface area (Å²) in [6.45, 7) is 4.28. The Morgan fingerprint density at radius 2 is 1.83 bits per heavy atom. The van der Waals surface area contributed by atoms with E-state index in [1.165, 1.54) is 11.1 Å². The number of nitrogens with two attached hydrogens (primary N) is 1. The molecule has 4 aromatic carbocycles. The van der Waals surface area contributed by atoms with E-state index in [0.29, 0.717) is 46.8 Å². The van der Waals surface area contributed by atoms with Crippen molar-refractivity contribution in [2.24, 2.45) is 22.6 Å². The Labute approximate surface area is 389 Å². The Bertz CT molecular complexity index is 2580. The van der Waals surface area contributed by atoms with Gasteiger partial charge in [0.2, 0.25) is 0 Å². The van der Waals surface area contributed by atoms with Gasteiger partial charge in [0.05, 0.1) is 7.11 Å². The van der Waals surface area contributed by atoms with Crippen LogP contribution < -0.4 is 20.5 Å². The minimum Gasteiger partial charge on any atom is -0.508 e. The summed E-state index contributed by atoms with van der Waals surface area (Å²) in [6, 6.07) is 15.4. The van der Waals surface area contributed by atoms with Crippen molar-refractivity contribution in [3.8, 4) is 29.3 Å². The average Bonchev–Trinajstić information content (AvgIpc) is 3.30. The van der Waals surface area contributed by atoms with Crippen molar-refractivity contribution in [1.29, 1.82) is 0 Å². The lowest BCUT2D eigenvalue weighted by Gasteiger charge is -2.28. The molecule has 0 saturated carbocycles. The van der Waals surface area contributed by atoms with E-state index in [9.17, 15) is 25.2 Å². The third-order valence-electron chi connectivity index (χ3n) is 13.4. The number of Topliss-reactive ketones (excluding diaryl/α,β-unsaturated/α-hetero) is 1. The van der Waals surface area contributed by atoms with E-state index in [0.717, 1.165) is 79.1 Å². The summed E-state index contributed by atoms with van der Waals surface area (Å²) in [6.07, 6.45) is 19.8. The molecule has 0 spiro atoms. The number of phenolic OH excluding ortho intramolecular Hbond substituents is 1. The average molecular weight is 896 g/mol. The van der Waals surface area contributed by atoms with Gasteiger partial charge in [0.25, 0.3) is 0 Å². The first-order chi connectivity index (χ1) is 32.0. The second-order valence-electron chi connectivity index (χ2n) is 17.9. The molecule has 11 heteroatoms. The normalized spacial score (nSPS) is 19.7. The molecule has 0 fully saturated rings. The summed E-state index contributed by atoms with van der Waals surface area (Å²) in [5.74, 6) is 4.75. The number of aryl methyl sites for hydroxylation is 2. The molecule has 66 heavy (non-hydrogen) atoms. The topological polar surface area (TPSA) is 176 Å². The highest BCUT2D eigenvalue weighted by Crippen LogP contribution is 2.44. The van der Waals surface area contributed by atoms with Crippen LogP contribution in [0.5, 0.6) is 17.2 Å². The van der Waals surface area contributed by atoms with Crippen molar-refractivity contribution in [3.63, 3.8) is 0 Å². The van der Waals surface area contributed by atoms with Gasteiger partial charge in [0.15, 0.2) is 23.7 Å². The zero-order valence-electron chi connectivity index (χ0n) is 38.7. The number of hydrogen-bond acceptors (Lipinski definition) is 9. The fourth-order valence-electron chi connectivity index (χ4n) is 9.77. The number of aliphatic imine (C=N–C) groups is 1. The summed E-state index contributed by atoms with van der Waals surface area (Å²) in [7, 11) is 3.24. The molecule has 11 nitrogen and oxygen atoms in total. The number of nitrogens with one attached hydrogen (secondary N) is 1. The van der Waals surface area contributed by atoms with Gasteiger partial charge >= 0.3 is 0 Å². The minimum atomic E-state index is -1.82. The van der Waals surface area contributed by atoms with Crippen LogP contribution in [0.15, 0.2) is 83.6 Å². The molecular formula is C55H65N3O8. The highest BCUT2D eigenvalue weighted by molar-refractivity contribution is 6.01. The van der Waals surface area contributed by atoms with Crippen LogP contribution in [0.4, 0.5) is 5.69 Å². The van der Waals surface area contributed by atoms with E-state index in [4.69, 9.17) is 19.9 Å². The standard InChI is InChI=1S/C55H65N3O8/c1-5-6-7-15-42-37(14-10-17-49(42)58-55(56)57-3)13-9-8-12-36-21-23-39(59)28-38(36)29-41-30-40(60)22-19-35-20-25-51(64-4)52(27-35)66-33-48-44-24-18-34(2)45-32-50(61)43(16-11-26-65-41)46(53(44)45)31-47(48)54(62)63/h10,14,17-18,20-21,23-25,27-28,31-32,34,36,38,41,54,59,61-63H,5-9,12-13,15-16,19,22,29-30,33H2,1-4H3,(H3,56,57,58). The zero-order valence-corrected chi connectivity index (χ0v) is 38.7. The number of guanidine groups is 1. The maximum absolute atomic E-state index is 13.8. The minimum absolute atomic E-state index is 0.00843. The molecule has 4 atom stereocenters. The third kappa shape index (κ3) is 11.4. The van der Waals surface area contributed by atoms with Gasteiger partial charge in [-0.25, -0.2) is 0 Å². The number of hydrogen-bond donors (Lipinski definition) is 6. The van der Waals surface area contributed by atoms with Crippen molar-refractivity contribution in [2.75, 3.05) is 19.5 Å². The lowest BCUT2D eigenvalue weighted by Crippen LogP contribution is -2.24. The van der Waals surface area contributed by atoms with Gasteiger partial charge in [0, 0.05) is 54.6 Å². The van der Waals surface area contributed by atoms with Crippen LogP contribution in [-0.2, 0) is 41.8 Å². The molecule has 2 heterocycles. The smallest absolute Gasteiger partial charge is 0.192 e. The summed E-state index contributed by atoms with van der Waals surface area (Å²) >= 11 is 0. The molecule has 2 aliphatic carbocycles. The maximum atomic E-state index is 13.8. The van der Waals surface area contributed by atoms with Gasteiger partial charge in [-0.3, -0.25) is 9.79 Å². The number of carbonyl (C=O) groups is 1. The SMILES string of the molecule is CCCCCc1c(CCCCC2C=CC(O)=CC2CC2CC(=O)CCc3ccc(OC)c(c3)OCc3c(C(O)O)cc4c(c(O)cc5c4c3C=CC5C)CC#CO2)cccc1NC(N)=NC.